The molecular weight excluding hydrogens is 393 g/mol. The van der Waals surface area contributed by atoms with Crippen molar-refractivity contribution in [3.63, 3.8) is 0 Å². The van der Waals surface area contributed by atoms with Crippen LogP contribution in [0.1, 0.15) is 28.9 Å². The first-order valence-corrected chi connectivity index (χ1v) is 8.75. The van der Waals surface area contributed by atoms with Gasteiger partial charge in [-0.1, -0.05) is 23.7 Å². The Bertz CT molecular complexity index is 828. The number of nitrogens with one attached hydrogen (secondary N) is 2. The molecule has 0 aliphatic rings. The molecule has 0 atom stereocenters. The number of hydrogen-bond donors (Lipinski definition) is 5. The van der Waals surface area contributed by atoms with Crippen molar-refractivity contribution in [2.45, 2.75) is 19.3 Å². The standard InChI is InChI=1S/C16H19Cl2N7O2/c17-12-14(25-18)23-13(19)11(22-12)15(27)24-16(20)21-8-2-1-3-9-4-6-10(26)7-5-9/h4-7,26H,1-3,8H2,(H3,19,23,25)(H3,20,21,24,27). The Morgan fingerprint density at radius 2 is 1.93 bits per heavy atom. The van der Waals surface area contributed by atoms with Gasteiger partial charge in [-0.15, -0.1) is 0 Å². The van der Waals surface area contributed by atoms with Gasteiger partial charge in [0.1, 0.15) is 5.75 Å². The van der Waals surface area contributed by atoms with E-state index in [1.54, 1.807) is 12.1 Å². The number of phenols is 1. The molecule has 0 aliphatic carbocycles. The number of carbonyl (C=O) groups is 1. The van der Waals surface area contributed by atoms with E-state index in [0.717, 1.165) is 24.8 Å². The Kier molecular flexibility index (Phi) is 7.44. The highest BCUT2D eigenvalue weighted by Gasteiger charge is 2.17. The first-order valence-electron chi connectivity index (χ1n) is 7.99. The molecule has 144 valence electrons. The average Bonchev–Trinajstić information content (AvgIpc) is 2.64. The number of guanidine groups is 1. The molecule has 0 radical (unpaired) electrons. The van der Waals surface area contributed by atoms with Crippen molar-refractivity contribution >= 4 is 46.9 Å². The minimum atomic E-state index is -0.673. The molecule has 1 amide bonds. The van der Waals surface area contributed by atoms with Crippen LogP contribution in [0.15, 0.2) is 29.3 Å². The smallest absolute Gasteiger partial charge is 0.280 e. The fraction of sp³-hybridized carbons (Fsp3) is 0.250. The van der Waals surface area contributed by atoms with Crippen LogP contribution >= 0.6 is 23.4 Å². The maximum Gasteiger partial charge on any atom is 0.280 e. The summed E-state index contributed by atoms with van der Waals surface area (Å²) in [5.41, 5.74) is 12.3. The number of phenolic OH excluding ortho intramolecular Hbond substituents is 1. The predicted octanol–water partition coefficient (Wildman–Crippen LogP) is 2.05. The van der Waals surface area contributed by atoms with Crippen LogP contribution in [0.2, 0.25) is 5.15 Å². The van der Waals surface area contributed by atoms with Gasteiger partial charge in [0.05, 0.1) is 0 Å². The van der Waals surface area contributed by atoms with Crippen LogP contribution in [0.3, 0.4) is 0 Å². The molecule has 9 nitrogen and oxygen atoms in total. The summed E-state index contributed by atoms with van der Waals surface area (Å²) in [4.78, 5) is 26.1. The summed E-state index contributed by atoms with van der Waals surface area (Å²) in [5, 5.41) is 11.5. The van der Waals surface area contributed by atoms with E-state index in [0.29, 0.717) is 6.54 Å². The molecule has 11 heteroatoms. The number of aryl methyl sites for hydroxylation is 1. The van der Waals surface area contributed by atoms with Crippen molar-refractivity contribution in [3.8, 4) is 5.75 Å². The molecule has 2 rings (SSSR count). The summed E-state index contributed by atoms with van der Waals surface area (Å²) in [5.74, 6) is -0.591. The van der Waals surface area contributed by atoms with E-state index in [-0.39, 0.29) is 34.2 Å². The highest BCUT2D eigenvalue weighted by Crippen LogP contribution is 2.20. The molecule has 0 fully saturated rings. The SMILES string of the molecule is NC(=NCCCCc1ccc(O)cc1)NC(=O)c1nc(Cl)c(NCl)nc1N. The normalized spacial score (nSPS) is 11.3. The third kappa shape index (κ3) is 6.15. The number of aromatic hydroxyl groups is 1. The maximum absolute atomic E-state index is 12.1. The fourth-order valence-electron chi connectivity index (χ4n) is 2.17. The summed E-state index contributed by atoms with van der Waals surface area (Å²) >= 11 is 11.2. The first kappa shape index (κ1) is 20.5. The number of nitrogens with two attached hydrogens (primary N) is 2. The van der Waals surface area contributed by atoms with Gasteiger partial charge in [-0.25, -0.2) is 9.97 Å². The molecule has 1 aromatic heterocycles. The number of halogens is 2. The van der Waals surface area contributed by atoms with Crippen molar-refractivity contribution < 1.29 is 9.90 Å². The highest BCUT2D eigenvalue weighted by atomic mass is 35.5. The maximum atomic E-state index is 12.1. The van der Waals surface area contributed by atoms with Crippen LogP contribution in [0.5, 0.6) is 5.75 Å². The summed E-state index contributed by atoms with van der Waals surface area (Å²) in [6, 6.07) is 7.04. The van der Waals surface area contributed by atoms with Crippen molar-refractivity contribution in [3.05, 3.63) is 40.7 Å². The van der Waals surface area contributed by atoms with Crippen molar-refractivity contribution in [2.24, 2.45) is 10.7 Å². The second-order valence-electron chi connectivity index (χ2n) is 5.54. The molecule has 7 N–H and O–H groups in total. The highest BCUT2D eigenvalue weighted by molar-refractivity contribution is 6.34. The predicted molar refractivity (Wildman–Crippen MR) is 106 cm³/mol. The van der Waals surface area contributed by atoms with Crippen LogP contribution < -0.4 is 21.6 Å². The molecule has 0 unspecified atom stereocenters. The van der Waals surface area contributed by atoms with Gasteiger partial charge < -0.3 is 16.6 Å². The fourth-order valence-corrected chi connectivity index (χ4v) is 2.53. The topological polar surface area (TPSA) is 152 Å². The lowest BCUT2D eigenvalue weighted by Gasteiger charge is -2.08. The van der Waals surface area contributed by atoms with Crippen molar-refractivity contribution in [1.29, 1.82) is 0 Å². The molecule has 27 heavy (non-hydrogen) atoms. The van der Waals surface area contributed by atoms with Gasteiger partial charge in [0, 0.05) is 18.3 Å². The van der Waals surface area contributed by atoms with Gasteiger partial charge in [-0.05, 0) is 37.0 Å². The summed E-state index contributed by atoms with van der Waals surface area (Å²) < 4.78 is 0. The minimum absolute atomic E-state index is 0.0441. The van der Waals surface area contributed by atoms with Crippen LogP contribution in [-0.4, -0.2) is 33.5 Å². The van der Waals surface area contributed by atoms with Gasteiger partial charge >= 0.3 is 0 Å². The van der Waals surface area contributed by atoms with Gasteiger partial charge in [0.15, 0.2) is 28.4 Å². The summed E-state index contributed by atoms with van der Waals surface area (Å²) in [6.07, 6.45) is 2.52. The van der Waals surface area contributed by atoms with Gasteiger partial charge in [0.25, 0.3) is 5.91 Å². The number of rotatable bonds is 7. The lowest BCUT2D eigenvalue weighted by atomic mass is 10.1. The Morgan fingerprint density at radius 3 is 2.59 bits per heavy atom. The number of aromatic nitrogens is 2. The monoisotopic (exact) mass is 411 g/mol. The lowest BCUT2D eigenvalue weighted by molar-refractivity contribution is 0.0972. The van der Waals surface area contributed by atoms with Gasteiger partial charge in [-0.3, -0.25) is 19.9 Å². The van der Waals surface area contributed by atoms with Crippen LogP contribution in [0.25, 0.3) is 0 Å². The second-order valence-corrected chi connectivity index (χ2v) is 6.08. The zero-order valence-corrected chi connectivity index (χ0v) is 15.8. The summed E-state index contributed by atoms with van der Waals surface area (Å²) in [7, 11) is 0. The summed E-state index contributed by atoms with van der Waals surface area (Å²) in [6.45, 7) is 0.446. The first-order chi connectivity index (χ1) is 12.9. The van der Waals surface area contributed by atoms with Crippen LogP contribution in [-0.2, 0) is 6.42 Å². The van der Waals surface area contributed by atoms with E-state index >= 15 is 0 Å². The molecular formula is C16H19Cl2N7O2. The quantitative estimate of drug-likeness (QED) is 0.202. The number of aliphatic imine (C=N–C) groups is 1. The molecule has 1 aromatic carbocycles. The Hall–Kier alpha value is -2.78. The van der Waals surface area contributed by atoms with Crippen LogP contribution in [0.4, 0.5) is 11.6 Å². The van der Waals surface area contributed by atoms with Crippen molar-refractivity contribution in [1.82, 2.24) is 15.3 Å². The largest absolute Gasteiger partial charge is 0.508 e. The third-order valence-corrected chi connectivity index (χ3v) is 3.96. The number of hydrogen-bond acceptors (Lipinski definition) is 7. The van der Waals surface area contributed by atoms with E-state index in [1.165, 1.54) is 0 Å². The molecule has 2 aromatic rings. The third-order valence-electron chi connectivity index (χ3n) is 3.52. The number of anilines is 2. The number of benzene rings is 1. The zero-order valence-electron chi connectivity index (χ0n) is 14.2. The number of unbranched alkanes of at least 4 members (excludes halogenated alkanes) is 1. The Labute approximate surface area is 165 Å². The van der Waals surface area contributed by atoms with Crippen LogP contribution in [0, 0.1) is 0 Å². The molecule has 1 heterocycles. The average molecular weight is 412 g/mol. The minimum Gasteiger partial charge on any atom is -0.508 e. The van der Waals surface area contributed by atoms with E-state index in [1.807, 2.05) is 12.1 Å². The lowest BCUT2D eigenvalue weighted by Crippen LogP contribution is -2.38. The zero-order chi connectivity index (χ0) is 19.8. The van der Waals surface area contributed by atoms with E-state index in [2.05, 4.69) is 25.1 Å². The number of nitrogens with zero attached hydrogens (tertiary/aromatic N) is 3. The number of nitrogen functional groups attached to an aromatic ring is 1. The Morgan fingerprint density at radius 1 is 1.22 bits per heavy atom. The number of amides is 1. The van der Waals surface area contributed by atoms with Gasteiger partial charge in [-0.2, -0.15) is 0 Å². The number of carbonyl (C=O) groups excluding carboxylic acids is 1. The van der Waals surface area contributed by atoms with E-state index in [4.69, 9.17) is 34.8 Å². The molecule has 0 saturated heterocycles. The molecule has 0 spiro atoms. The second kappa shape index (κ2) is 9.79. The van der Waals surface area contributed by atoms with Crippen molar-refractivity contribution in [2.75, 3.05) is 17.1 Å². The Balaban J connectivity index is 1.81. The molecule has 0 saturated carbocycles. The molecule has 0 aliphatic heterocycles. The van der Waals surface area contributed by atoms with E-state index in [9.17, 15) is 9.90 Å². The molecule has 0 bridgehead atoms. The van der Waals surface area contributed by atoms with Gasteiger partial charge in [0.2, 0.25) is 0 Å². The van der Waals surface area contributed by atoms with E-state index < -0.39 is 5.91 Å².